The van der Waals surface area contributed by atoms with E-state index in [9.17, 15) is 8.78 Å². The molecule has 1 aromatic heterocycles. The summed E-state index contributed by atoms with van der Waals surface area (Å²) in [6, 6.07) is 3.51. The molecule has 102 valence electrons. The van der Waals surface area contributed by atoms with E-state index >= 15 is 0 Å². The molecular weight excluding hydrogens is 272 g/mol. The van der Waals surface area contributed by atoms with E-state index in [4.69, 9.17) is 17.3 Å². The smallest absolute Gasteiger partial charge is 0.162 e. The van der Waals surface area contributed by atoms with E-state index in [2.05, 4.69) is 5.10 Å². The lowest BCUT2D eigenvalue weighted by molar-refractivity contribution is 0.490. The Hall–Kier alpha value is -1.46. The van der Waals surface area contributed by atoms with Crippen LogP contribution in [0.2, 0.25) is 5.02 Å². The zero-order chi connectivity index (χ0) is 14.0. The molecule has 1 unspecified atom stereocenters. The van der Waals surface area contributed by atoms with Gasteiger partial charge in [-0.2, -0.15) is 5.10 Å². The first-order valence-electron chi connectivity index (χ1n) is 5.94. The maximum absolute atomic E-state index is 13.6. The van der Waals surface area contributed by atoms with Crippen molar-refractivity contribution in [1.29, 1.82) is 0 Å². The SMILES string of the molecule is CCn1ncc(Cl)c1C(N)Cc1cccc(F)c1F. The van der Waals surface area contributed by atoms with Crippen molar-refractivity contribution in [3.05, 3.63) is 52.3 Å². The monoisotopic (exact) mass is 285 g/mol. The largest absolute Gasteiger partial charge is 0.322 e. The van der Waals surface area contributed by atoms with Crippen LogP contribution in [0.25, 0.3) is 0 Å². The minimum atomic E-state index is -0.875. The first-order chi connectivity index (χ1) is 9.04. The van der Waals surface area contributed by atoms with Crippen molar-refractivity contribution < 1.29 is 8.78 Å². The number of benzene rings is 1. The average molecular weight is 286 g/mol. The minimum Gasteiger partial charge on any atom is -0.322 e. The molecule has 0 aliphatic rings. The van der Waals surface area contributed by atoms with E-state index in [1.54, 1.807) is 4.68 Å². The molecule has 0 saturated heterocycles. The number of nitrogens with two attached hydrogens (primary N) is 1. The van der Waals surface area contributed by atoms with Crippen LogP contribution in [-0.2, 0) is 13.0 Å². The van der Waals surface area contributed by atoms with Gasteiger partial charge in [0.15, 0.2) is 11.6 Å². The van der Waals surface area contributed by atoms with Gasteiger partial charge in [-0.05, 0) is 25.0 Å². The highest BCUT2D eigenvalue weighted by molar-refractivity contribution is 6.31. The number of rotatable bonds is 4. The number of halogens is 3. The molecule has 0 aliphatic heterocycles. The van der Waals surface area contributed by atoms with Crippen LogP contribution < -0.4 is 5.73 Å². The third kappa shape index (κ3) is 2.77. The van der Waals surface area contributed by atoms with Crippen LogP contribution in [0, 0.1) is 11.6 Å². The van der Waals surface area contributed by atoms with Gasteiger partial charge in [0.1, 0.15) is 0 Å². The molecule has 0 spiro atoms. The number of nitrogens with zero attached hydrogens (tertiary/aromatic N) is 2. The lowest BCUT2D eigenvalue weighted by atomic mass is 10.0. The summed E-state index contributed by atoms with van der Waals surface area (Å²) in [7, 11) is 0. The van der Waals surface area contributed by atoms with Crippen molar-refractivity contribution in [2.75, 3.05) is 0 Å². The molecule has 1 atom stereocenters. The van der Waals surface area contributed by atoms with Gasteiger partial charge < -0.3 is 5.73 Å². The van der Waals surface area contributed by atoms with Gasteiger partial charge in [0.05, 0.1) is 23.0 Å². The van der Waals surface area contributed by atoms with Crippen molar-refractivity contribution in [2.45, 2.75) is 25.9 Å². The molecule has 0 aliphatic carbocycles. The van der Waals surface area contributed by atoms with Crippen LogP contribution in [-0.4, -0.2) is 9.78 Å². The fourth-order valence-corrected chi connectivity index (χ4v) is 2.31. The Morgan fingerprint density at radius 1 is 1.42 bits per heavy atom. The van der Waals surface area contributed by atoms with Gasteiger partial charge in [-0.15, -0.1) is 0 Å². The predicted molar refractivity (Wildman–Crippen MR) is 69.9 cm³/mol. The number of aryl methyl sites for hydroxylation is 1. The highest BCUT2D eigenvalue weighted by Gasteiger charge is 2.19. The van der Waals surface area contributed by atoms with E-state index in [1.807, 2.05) is 6.92 Å². The van der Waals surface area contributed by atoms with Crippen LogP contribution in [0.5, 0.6) is 0 Å². The van der Waals surface area contributed by atoms with Gasteiger partial charge in [-0.1, -0.05) is 23.7 Å². The molecule has 6 heteroatoms. The molecule has 3 nitrogen and oxygen atoms in total. The highest BCUT2D eigenvalue weighted by Crippen LogP contribution is 2.25. The lowest BCUT2D eigenvalue weighted by Crippen LogP contribution is -2.19. The minimum absolute atomic E-state index is 0.162. The molecule has 2 rings (SSSR count). The Morgan fingerprint density at radius 2 is 2.16 bits per heavy atom. The predicted octanol–water partition coefficient (Wildman–Crippen LogP) is 3.08. The number of aromatic nitrogens is 2. The second-order valence-corrected chi connectivity index (χ2v) is 4.62. The Bertz CT molecular complexity index is 583. The molecular formula is C13H14ClF2N3. The van der Waals surface area contributed by atoms with Crippen molar-refractivity contribution in [2.24, 2.45) is 5.73 Å². The van der Waals surface area contributed by atoms with Crippen LogP contribution in [0.4, 0.5) is 8.78 Å². The van der Waals surface area contributed by atoms with E-state index in [0.29, 0.717) is 17.3 Å². The summed E-state index contributed by atoms with van der Waals surface area (Å²) in [5.74, 6) is -1.74. The molecule has 2 aromatic rings. The van der Waals surface area contributed by atoms with Crippen LogP contribution >= 0.6 is 11.6 Å². The quantitative estimate of drug-likeness (QED) is 0.938. The first kappa shape index (κ1) is 14.0. The summed E-state index contributed by atoms with van der Waals surface area (Å²) in [6.07, 6.45) is 1.66. The molecule has 0 amide bonds. The molecule has 0 saturated carbocycles. The Morgan fingerprint density at radius 3 is 2.84 bits per heavy atom. The zero-order valence-corrected chi connectivity index (χ0v) is 11.2. The van der Waals surface area contributed by atoms with E-state index in [-0.39, 0.29) is 12.0 Å². The van der Waals surface area contributed by atoms with Gasteiger partial charge in [0, 0.05) is 6.54 Å². The topological polar surface area (TPSA) is 43.8 Å². The average Bonchev–Trinajstić information content (AvgIpc) is 2.76. The molecule has 0 fully saturated rings. The zero-order valence-electron chi connectivity index (χ0n) is 10.4. The maximum Gasteiger partial charge on any atom is 0.162 e. The summed E-state index contributed by atoms with van der Waals surface area (Å²) in [4.78, 5) is 0. The second-order valence-electron chi connectivity index (χ2n) is 4.22. The molecule has 0 radical (unpaired) electrons. The normalized spacial score (nSPS) is 12.7. The molecule has 0 bridgehead atoms. The molecule has 2 N–H and O–H groups in total. The molecule has 19 heavy (non-hydrogen) atoms. The maximum atomic E-state index is 13.6. The standard InChI is InChI=1S/C13H14ClF2N3/c1-2-19-13(9(14)7-18-19)11(17)6-8-4-3-5-10(15)12(8)16/h3-5,7,11H,2,6,17H2,1H3. The number of hydrogen-bond donors (Lipinski definition) is 1. The fraction of sp³-hybridized carbons (Fsp3) is 0.308. The fourth-order valence-electron chi connectivity index (χ4n) is 2.03. The van der Waals surface area contributed by atoms with E-state index in [1.165, 1.54) is 18.3 Å². The third-order valence-electron chi connectivity index (χ3n) is 2.96. The molecule has 1 aromatic carbocycles. The van der Waals surface area contributed by atoms with Gasteiger partial charge in [0.2, 0.25) is 0 Å². The summed E-state index contributed by atoms with van der Waals surface area (Å²) in [6.45, 7) is 2.52. The summed E-state index contributed by atoms with van der Waals surface area (Å²) < 4.78 is 28.4. The first-order valence-corrected chi connectivity index (χ1v) is 6.32. The number of hydrogen-bond acceptors (Lipinski definition) is 2. The van der Waals surface area contributed by atoms with Crippen LogP contribution in [0.3, 0.4) is 0 Å². The van der Waals surface area contributed by atoms with E-state index in [0.717, 1.165) is 6.07 Å². The molecule has 1 heterocycles. The van der Waals surface area contributed by atoms with Crippen LogP contribution in [0.1, 0.15) is 24.2 Å². The van der Waals surface area contributed by atoms with Gasteiger partial charge in [0.25, 0.3) is 0 Å². The van der Waals surface area contributed by atoms with Gasteiger partial charge >= 0.3 is 0 Å². The third-order valence-corrected chi connectivity index (χ3v) is 3.25. The van der Waals surface area contributed by atoms with Crippen molar-refractivity contribution >= 4 is 11.6 Å². The Balaban J connectivity index is 2.28. The highest BCUT2D eigenvalue weighted by atomic mass is 35.5. The summed E-state index contributed by atoms with van der Waals surface area (Å²) in [5, 5.41) is 4.51. The van der Waals surface area contributed by atoms with Gasteiger partial charge in [-0.3, -0.25) is 4.68 Å². The van der Waals surface area contributed by atoms with Crippen molar-refractivity contribution in [1.82, 2.24) is 9.78 Å². The van der Waals surface area contributed by atoms with Crippen LogP contribution in [0.15, 0.2) is 24.4 Å². The summed E-state index contributed by atoms with van der Waals surface area (Å²) in [5.41, 5.74) is 6.89. The lowest BCUT2D eigenvalue weighted by Gasteiger charge is -2.14. The second kappa shape index (κ2) is 5.67. The Kier molecular flexibility index (Phi) is 4.17. The summed E-state index contributed by atoms with van der Waals surface area (Å²) >= 11 is 6.02. The van der Waals surface area contributed by atoms with Crippen molar-refractivity contribution in [3.8, 4) is 0 Å². The van der Waals surface area contributed by atoms with Gasteiger partial charge in [-0.25, -0.2) is 8.78 Å². The van der Waals surface area contributed by atoms with Crippen molar-refractivity contribution in [3.63, 3.8) is 0 Å². The van der Waals surface area contributed by atoms with E-state index < -0.39 is 17.7 Å². The Labute approximate surface area is 115 Å².